The van der Waals surface area contributed by atoms with E-state index in [1.165, 1.54) is 24.6 Å². The van der Waals surface area contributed by atoms with E-state index in [1.54, 1.807) is 54.6 Å². The van der Waals surface area contributed by atoms with Crippen LogP contribution in [0.1, 0.15) is 44.2 Å². The predicted molar refractivity (Wildman–Crippen MR) is 168 cm³/mol. The van der Waals surface area contributed by atoms with Gasteiger partial charge in [0.25, 0.3) is 10.1 Å². The van der Waals surface area contributed by atoms with Crippen molar-refractivity contribution >= 4 is 41.7 Å². The van der Waals surface area contributed by atoms with E-state index in [0.29, 0.717) is 51.3 Å². The van der Waals surface area contributed by atoms with Crippen molar-refractivity contribution in [3.05, 3.63) is 83.9 Å². The predicted octanol–water partition coefficient (Wildman–Crippen LogP) is 4.57. The summed E-state index contributed by atoms with van der Waals surface area (Å²) in [6.45, 7) is 4.69. The van der Waals surface area contributed by atoms with Gasteiger partial charge in [-0.05, 0) is 51.0 Å². The van der Waals surface area contributed by atoms with Gasteiger partial charge in [-0.2, -0.15) is 18.9 Å². The van der Waals surface area contributed by atoms with E-state index in [2.05, 4.69) is 29.5 Å². The molecule has 1 heterocycles. The van der Waals surface area contributed by atoms with Gasteiger partial charge in [-0.3, -0.25) is 9.45 Å². The summed E-state index contributed by atoms with van der Waals surface area (Å²) in [6, 6.07) is 23.9. The van der Waals surface area contributed by atoms with Crippen LogP contribution in [0, 0.1) is 22.7 Å². The van der Waals surface area contributed by atoms with Gasteiger partial charge in [0.15, 0.2) is 0 Å². The number of piperidine rings is 1. The van der Waals surface area contributed by atoms with E-state index in [-0.39, 0.29) is 16.3 Å². The SMILES string of the molecule is C[C@@H]1CCC[C@H](C)N1C[C@@H](O)CNS(=O)(=O)c1cccc2c(C#N)cccc12.N#Cc1ccc(S(=O)(=O)O)c2ccccc12. The molecule has 44 heavy (non-hydrogen) atoms. The van der Waals surface area contributed by atoms with Crippen LogP contribution < -0.4 is 4.72 Å². The second kappa shape index (κ2) is 13.8. The quantitative estimate of drug-likeness (QED) is 0.246. The maximum absolute atomic E-state index is 12.9. The summed E-state index contributed by atoms with van der Waals surface area (Å²) in [7, 11) is -8.08. The minimum atomic E-state index is -4.26. The number of nitriles is 2. The van der Waals surface area contributed by atoms with Crippen molar-refractivity contribution in [1.82, 2.24) is 9.62 Å². The zero-order valence-electron chi connectivity index (χ0n) is 24.4. The van der Waals surface area contributed by atoms with Crippen molar-refractivity contribution < 1.29 is 26.5 Å². The van der Waals surface area contributed by atoms with Crippen LogP contribution >= 0.6 is 0 Å². The van der Waals surface area contributed by atoms with Crippen LogP contribution in [-0.2, 0) is 20.1 Å². The number of sulfonamides is 1. The lowest BCUT2D eigenvalue weighted by Crippen LogP contribution is -2.49. The molecule has 4 aromatic carbocycles. The molecule has 1 aliphatic heterocycles. The Morgan fingerprint density at radius 2 is 1.32 bits per heavy atom. The number of nitrogens with zero attached hydrogens (tertiary/aromatic N) is 3. The molecule has 1 aliphatic rings. The van der Waals surface area contributed by atoms with E-state index in [4.69, 9.17) is 9.81 Å². The van der Waals surface area contributed by atoms with Crippen molar-refractivity contribution in [2.24, 2.45) is 0 Å². The van der Waals surface area contributed by atoms with E-state index in [0.717, 1.165) is 12.8 Å². The molecule has 0 unspecified atom stereocenters. The minimum Gasteiger partial charge on any atom is -0.390 e. The number of aliphatic hydroxyl groups is 1. The summed E-state index contributed by atoms with van der Waals surface area (Å²) in [5.41, 5.74) is 0.811. The van der Waals surface area contributed by atoms with Gasteiger partial charge in [0.1, 0.15) is 4.90 Å². The molecule has 0 bridgehead atoms. The van der Waals surface area contributed by atoms with Crippen LogP contribution in [0.25, 0.3) is 21.5 Å². The fraction of sp³-hybridized carbons (Fsp3) is 0.312. The maximum Gasteiger partial charge on any atom is 0.295 e. The first-order valence-corrected chi connectivity index (χ1v) is 17.0. The Morgan fingerprint density at radius 3 is 1.93 bits per heavy atom. The Balaban J connectivity index is 0.000000233. The molecule has 4 aromatic rings. The highest BCUT2D eigenvalue weighted by atomic mass is 32.2. The number of β-amino-alcohol motifs (C(OH)–C–C–N with tert-alkyl or cyclic N) is 1. The Morgan fingerprint density at radius 1 is 0.795 bits per heavy atom. The lowest BCUT2D eigenvalue weighted by atomic mass is 9.97. The van der Waals surface area contributed by atoms with Crippen LogP contribution in [0.2, 0.25) is 0 Å². The molecule has 0 spiro atoms. The highest BCUT2D eigenvalue weighted by Crippen LogP contribution is 2.27. The second-order valence-corrected chi connectivity index (χ2v) is 14.0. The van der Waals surface area contributed by atoms with Crippen molar-refractivity contribution in [3.8, 4) is 12.1 Å². The lowest BCUT2D eigenvalue weighted by molar-refractivity contribution is 0.0438. The Hall–Kier alpha value is -3.88. The molecule has 0 amide bonds. The molecule has 5 rings (SSSR count). The summed E-state index contributed by atoms with van der Waals surface area (Å²) in [4.78, 5) is 2.19. The van der Waals surface area contributed by atoms with Gasteiger partial charge in [-0.15, -0.1) is 0 Å². The van der Waals surface area contributed by atoms with Crippen LogP contribution in [-0.4, -0.2) is 62.7 Å². The van der Waals surface area contributed by atoms with Gasteiger partial charge < -0.3 is 5.11 Å². The number of rotatable bonds is 7. The minimum absolute atomic E-state index is 0.0490. The molecule has 3 atom stereocenters. The van der Waals surface area contributed by atoms with E-state index < -0.39 is 26.2 Å². The highest BCUT2D eigenvalue weighted by Gasteiger charge is 2.27. The summed E-state index contributed by atoms with van der Waals surface area (Å²) >= 11 is 0. The van der Waals surface area contributed by atoms with E-state index in [9.17, 15) is 27.2 Å². The molecule has 10 nitrogen and oxygen atoms in total. The third-order valence-corrected chi connectivity index (χ3v) is 10.3. The third kappa shape index (κ3) is 7.42. The van der Waals surface area contributed by atoms with Gasteiger partial charge in [0.2, 0.25) is 10.0 Å². The zero-order chi connectivity index (χ0) is 32.1. The van der Waals surface area contributed by atoms with Crippen molar-refractivity contribution in [3.63, 3.8) is 0 Å². The van der Waals surface area contributed by atoms with Gasteiger partial charge in [-0.1, -0.05) is 55.0 Å². The number of hydrogen-bond donors (Lipinski definition) is 3. The maximum atomic E-state index is 12.9. The van der Waals surface area contributed by atoms with E-state index in [1.807, 2.05) is 6.07 Å². The first-order chi connectivity index (χ1) is 20.9. The normalized spacial score (nSPS) is 18.1. The topological polar surface area (TPSA) is 172 Å². The summed E-state index contributed by atoms with van der Waals surface area (Å²) < 4.78 is 59.5. The largest absolute Gasteiger partial charge is 0.390 e. The average molecular weight is 635 g/mol. The molecule has 0 saturated carbocycles. The van der Waals surface area contributed by atoms with E-state index >= 15 is 0 Å². The number of nitrogens with one attached hydrogen (secondary N) is 1. The fourth-order valence-electron chi connectivity index (χ4n) is 5.63. The third-order valence-electron chi connectivity index (χ3n) is 7.88. The molecule has 0 aromatic heterocycles. The standard InChI is InChI=1S/C21H27N3O3S.C11H7NO3S/c1-15-6-3-7-16(2)24(15)14-18(25)13-23-28(26,27)21-11-5-9-19-17(12-22)8-4-10-20(19)21;12-7-8-5-6-11(16(13,14)15)10-4-2-1-3-9(8)10/h4-5,8-11,15-16,18,23,25H,3,6-7,13-14H2,1-2H3;1-6H,(H,13,14,15)/t15-,16+,18-;/m0./s1. The Kier molecular flexibility index (Phi) is 10.4. The number of benzene rings is 4. The van der Waals surface area contributed by atoms with Crippen LogP contribution in [0.5, 0.6) is 0 Å². The van der Waals surface area contributed by atoms with Gasteiger partial charge in [0.05, 0.1) is 34.3 Å². The molecule has 1 fully saturated rings. The monoisotopic (exact) mass is 634 g/mol. The number of aliphatic hydroxyl groups excluding tert-OH is 1. The molecular formula is C32H34N4O6S2. The molecule has 0 radical (unpaired) electrons. The number of hydrogen-bond acceptors (Lipinski definition) is 8. The Bertz CT molecular complexity index is 1960. The number of fused-ring (bicyclic) bond motifs is 2. The molecular weight excluding hydrogens is 601 g/mol. The first kappa shape index (κ1) is 33.0. The highest BCUT2D eigenvalue weighted by molar-refractivity contribution is 7.89. The van der Waals surface area contributed by atoms with Gasteiger partial charge in [0, 0.05) is 46.7 Å². The smallest absolute Gasteiger partial charge is 0.295 e. The molecule has 230 valence electrons. The van der Waals surface area contributed by atoms with Crippen molar-refractivity contribution in [2.75, 3.05) is 13.1 Å². The lowest BCUT2D eigenvalue weighted by Gasteiger charge is -2.40. The molecule has 12 heteroatoms. The summed E-state index contributed by atoms with van der Waals surface area (Å²) in [6.07, 6.45) is 2.59. The van der Waals surface area contributed by atoms with Crippen molar-refractivity contribution in [1.29, 1.82) is 10.5 Å². The molecule has 1 saturated heterocycles. The summed E-state index contributed by atoms with van der Waals surface area (Å²) in [5, 5.41) is 30.5. The fourth-order valence-corrected chi connectivity index (χ4v) is 7.62. The van der Waals surface area contributed by atoms with Crippen LogP contribution in [0.15, 0.2) is 82.6 Å². The Labute approximate surface area is 258 Å². The first-order valence-electron chi connectivity index (χ1n) is 14.1. The number of likely N-dealkylation sites (tertiary alicyclic amines) is 1. The average Bonchev–Trinajstić information content (AvgIpc) is 3.00. The second-order valence-electron chi connectivity index (χ2n) is 10.8. The zero-order valence-corrected chi connectivity index (χ0v) is 26.0. The summed E-state index contributed by atoms with van der Waals surface area (Å²) in [5.74, 6) is 0. The van der Waals surface area contributed by atoms with Gasteiger partial charge in [-0.25, -0.2) is 13.1 Å². The molecule has 3 N–H and O–H groups in total. The molecule has 0 aliphatic carbocycles. The van der Waals surface area contributed by atoms with Crippen LogP contribution in [0.4, 0.5) is 0 Å². The van der Waals surface area contributed by atoms with Gasteiger partial charge >= 0.3 is 0 Å². The van der Waals surface area contributed by atoms with Crippen LogP contribution in [0.3, 0.4) is 0 Å². The van der Waals surface area contributed by atoms with Crippen molar-refractivity contribution in [2.45, 2.75) is 61.1 Å².